The van der Waals surface area contributed by atoms with E-state index in [4.69, 9.17) is 9.84 Å². The number of benzene rings is 2. The fourth-order valence-electron chi connectivity index (χ4n) is 2.11. The highest BCUT2D eigenvalue weighted by Crippen LogP contribution is 2.23. The van der Waals surface area contributed by atoms with E-state index in [9.17, 15) is 14.9 Å². The molecule has 0 aliphatic carbocycles. The number of esters is 1. The average Bonchev–Trinajstić information content (AvgIpc) is 2.64. The van der Waals surface area contributed by atoms with Gasteiger partial charge < -0.3 is 15.2 Å². The molecule has 8 heteroatoms. The number of thioether (sulfide) groups is 1. The van der Waals surface area contributed by atoms with Gasteiger partial charge in [-0.15, -0.1) is 11.8 Å². The van der Waals surface area contributed by atoms with Crippen molar-refractivity contribution >= 4 is 29.1 Å². The first-order valence-electron chi connectivity index (χ1n) is 7.48. The lowest BCUT2D eigenvalue weighted by atomic mass is 10.1. The van der Waals surface area contributed by atoms with Crippen molar-refractivity contribution in [2.24, 2.45) is 0 Å². The maximum atomic E-state index is 12.3. The summed E-state index contributed by atoms with van der Waals surface area (Å²) in [5.74, 6) is -0.668. The molecule has 0 saturated heterocycles. The zero-order valence-corrected chi connectivity index (χ0v) is 14.4. The highest BCUT2D eigenvalue weighted by molar-refractivity contribution is 7.98. The second-order valence-electron chi connectivity index (χ2n) is 5.06. The van der Waals surface area contributed by atoms with E-state index < -0.39 is 10.9 Å². The number of rotatable bonds is 8. The van der Waals surface area contributed by atoms with Gasteiger partial charge in [-0.2, -0.15) is 0 Å². The van der Waals surface area contributed by atoms with Crippen molar-refractivity contribution in [2.75, 3.05) is 24.7 Å². The van der Waals surface area contributed by atoms with Crippen LogP contribution >= 0.6 is 11.8 Å². The predicted octanol–water partition coefficient (Wildman–Crippen LogP) is 3.08. The summed E-state index contributed by atoms with van der Waals surface area (Å²) in [5, 5.41) is 22.7. The Bertz CT molecular complexity index is 749. The summed E-state index contributed by atoms with van der Waals surface area (Å²) in [6.45, 7) is 0.150. The lowest BCUT2D eigenvalue weighted by Gasteiger charge is -2.11. The summed E-state index contributed by atoms with van der Waals surface area (Å²) in [6.07, 6.45) is 1.97. The Morgan fingerprint density at radius 2 is 2.00 bits per heavy atom. The molecule has 2 N–H and O–H groups in total. The van der Waals surface area contributed by atoms with E-state index in [1.165, 1.54) is 18.2 Å². The van der Waals surface area contributed by atoms with Gasteiger partial charge in [-0.25, -0.2) is 4.79 Å². The Kier molecular flexibility index (Phi) is 6.79. The SMILES string of the molecule is CSc1ccc(COC(=O)c2cc([N+](=O)[O-])ccc2NCCO)cc1. The second-order valence-corrected chi connectivity index (χ2v) is 5.94. The monoisotopic (exact) mass is 362 g/mol. The maximum Gasteiger partial charge on any atom is 0.340 e. The van der Waals surface area contributed by atoms with Gasteiger partial charge in [-0.1, -0.05) is 12.1 Å². The Balaban J connectivity index is 2.14. The van der Waals surface area contributed by atoms with E-state index in [2.05, 4.69) is 5.32 Å². The van der Waals surface area contributed by atoms with E-state index >= 15 is 0 Å². The molecule has 0 saturated carbocycles. The highest BCUT2D eigenvalue weighted by Gasteiger charge is 2.18. The van der Waals surface area contributed by atoms with Crippen molar-refractivity contribution < 1.29 is 19.6 Å². The third-order valence-corrected chi connectivity index (χ3v) is 4.13. The van der Waals surface area contributed by atoms with Crippen molar-refractivity contribution in [2.45, 2.75) is 11.5 Å². The maximum absolute atomic E-state index is 12.3. The fourth-order valence-corrected chi connectivity index (χ4v) is 2.52. The van der Waals surface area contributed by atoms with Gasteiger partial charge in [0.25, 0.3) is 5.69 Å². The topological polar surface area (TPSA) is 102 Å². The van der Waals surface area contributed by atoms with Crippen LogP contribution in [0.1, 0.15) is 15.9 Å². The molecule has 0 unspecified atom stereocenters. The van der Waals surface area contributed by atoms with Gasteiger partial charge in [0.15, 0.2) is 0 Å². The number of ether oxygens (including phenoxy) is 1. The molecule has 0 aromatic heterocycles. The van der Waals surface area contributed by atoms with E-state index in [0.29, 0.717) is 5.69 Å². The molecule has 0 bridgehead atoms. The molecule has 0 fully saturated rings. The smallest absolute Gasteiger partial charge is 0.340 e. The van der Waals surface area contributed by atoms with E-state index in [-0.39, 0.29) is 31.0 Å². The molecule has 0 amide bonds. The molecule has 0 aliphatic rings. The highest BCUT2D eigenvalue weighted by atomic mass is 32.2. The van der Waals surface area contributed by atoms with Crippen LogP contribution in [-0.4, -0.2) is 35.4 Å². The first-order chi connectivity index (χ1) is 12.0. The fraction of sp³-hybridized carbons (Fsp3) is 0.235. The van der Waals surface area contributed by atoms with Crippen LogP contribution in [0, 0.1) is 10.1 Å². The molecule has 132 valence electrons. The van der Waals surface area contributed by atoms with Crippen LogP contribution in [0.25, 0.3) is 0 Å². The number of carbonyl (C=O) groups is 1. The Hall–Kier alpha value is -2.58. The number of non-ortho nitro benzene ring substituents is 1. The van der Waals surface area contributed by atoms with Crippen LogP contribution in [0.15, 0.2) is 47.4 Å². The summed E-state index contributed by atoms with van der Waals surface area (Å²) in [4.78, 5) is 23.8. The normalized spacial score (nSPS) is 10.3. The number of nitro benzene ring substituents is 1. The Labute approximate surface area is 149 Å². The number of anilines is 1. The minimum atomic E-state index is -0.668. The number of hydrogen-bond donors (Lipinski definition) is 2. The van der Waals surface area contributed by atoms with E-state index in [0.717, 1.165) is 10.5 Å². The molecule has 0 heterocycles. The zero-order valence-electron chi connectivity index (χ0n) is 13.6. The number of nitro groups is 1. The molecule has 2 aromatic carbocycles. The second kappa shape index (κ2) is 9.05. The molecule has 0 aliphatic heterocycles. The predicted molar refractivity (Wildman–Crippen MR) is 96.0 cm³/mol. The van der Waals surface area contributed by atoms with Gasteiger partial charge in [-0.05, 0) is 30.0 Å². The number of nitrogens with one attached hydrogen (secondary N) is 1. The van der Waals surface area contributed by atoms with E-state index in [1.807, 2.05) is 30.5 Å². The Morgan fingerprint density at radius 1 is 1.28 bits per heavy atom. The van der Waals surface area contributed by atoms with Crippen LogP contribution in [0.2, 0.25) is 0 Å². The summed E-state index contributed by atoms with van der Waals surface area (Å²) < 4.78 is 5.27. The average molecular weight is 362 g/mol. The van der Waals surface area contributed by atoms with Gasteiger partial charge in [0.1, 0.15) is 6.61 Å². The number of hydrogen-bond acceptors (Lipinski definition) is 7. The van der Waals surface area contributed by atoms with E-state index in [1.54, 1.807) is 11.8 Å². The molecule has 2 aromatic rings. The molecule has 2 rings (SSSR count). The van der Waals surface area contributed by atoms with Crippen LogP contribution in [0.3, 0.4) is 0 Å². The molecule has 0 radical (unpaired) electrons. The van der Waals surface area contributed by atoms with Crippen molar-refractivity contribution in [1.29, 1.82) is 0 Å². The van der Waals surface area contributed by atoms with Crippen LogP contribution in [0.4, 0.5) is 11.4 Å². The summed E-state index contributed by atoms with van der Waals surface area (Å²) in [7, 11) is 0. The van der Waals surface area contributed by atoms with Crippen molar-refractivity contribution in [1.82, 2.24) is 0 Å². The molecular weight excluding hydrogens is 344 g/mol. The molecular formula is C17H18N2O5S. The lowest BCUT2D eigenvalue weighted by molar-refractivity contribution is -0.384. The number of carbonyl (C=O) groups excluding carboxylic acids is 1. The number of aliphatic hydroxyl groups excluding tert-OH is 1. The molecule has 7 nitrogen and oxygen atoms in total. The lowest BCUT2D eigenvalue weighted by Crippen LogP contribution is -2.13. The summed E-state index contributed by atoms with van der Waals surface area (Å²) in [5.41, 5.74) is 1.05. The number of aliphatic hydroxyl groups is 1. The first-order valence-corrected chi connectivity index (χ1v) is 8.71. The van der Waals surface area contributed by atoms with Crippen molar-refractivity contribution in [3.63, 3.8) is 0 Å². The van der Waals surface area contributed by atoms with Gasteiger partial charge in [0.2, 0.25) is 0 Å². The zero-order chi connectivity index (χ0) is 18.2. The summed E-state index contributed by atoms with van der Waals surface area (Å²) >= 11 is 1.61. The quantitative estimate of drug-likeness (QED) is 0.322. The van der Waals surface area contributed by atoms with Crippen molar-refractivity contribution in [3.05, 3.63) is 63.7 Å². The molecule has 0 atom stereocenters. The third kappa shape index (κ3) is 5.20. The molecule has 25 heavy (non-hydrogen) atoms. The van der Waals surface area contributed by atoms with Gasteiger partial charge in [0, 0.05) is 29.3 Å². The third-order valence-electron chi connectivity index (χ3n) is 3.39. The van der Waals surface area contributed by atoms with Crippen LogP contribution < -0.4 is 5.32 Å². The minimum absolute atomic E-state index is 0.0587. The van der Waals surface area contributed by atoms with Gasteiger partial charge in [0.05, 0.1) is 17.1 Å². The largest absolute Gasteiger partial charge is 0.457 e. The standard InChI is InChI=1S/C17H18N2O5S/c1-25-14-5-2-12(3-6-14)11-24-17(21)15-10-13(19(22)23)4-7-16(15)18-8-9-20/h2-7,10,18,20H,8-9,11H2,1H3. The van der Waals surface area contributed by atoms with Crippen molar-refractivity contribution in [3.8, 4) is 0 Å². The minimum Gasteiger partial charge on any atom is -0.457 e. The molecule has 0 spiro atoms. The van der Waals surface area contributed by atoms with Gasteiger partial charge >= 0.3 is 5.97 Å². The first kappa shape index (κ1) is 18.8. The van der Waals surface area contributed by atoms with Gasteiger partial charge in [-0.3, -0.25) is 10.1 Å². The van der Waals surface area contributed by atoms with Crippen LogP contribution in [0.5, 0.6) is 0 Å². The summed E-state index contributed by atoms with van der Waals surface area (Å²) in [6, 6.07) is 11.5. The Morgan fingerprint density at radius 3 is 2.60 bits per heavy atom. The number of nitrogens with zero attached hydrogens (tertiary/aromatic N) is 1. The van der Waals surface area contributed by atoms with Crippen LogP contribution in [-0.2, 0) is 11.3 Å².